The third-order valence-electron chi connectivity index (χ3n) is 3.52. The third-order valence-corrected chi connectivity index (χ3v) is 4.24. The zero-order valence-corrected chi connectivity index (χ0v) is 12.5. The Labute approximate surface area is 122 Å². The number of benzene rings is 1. The first-order valence-corrected chi connectivity index (χ1v) is 7.57. The number of nitrogens with one attached hydrogen (secondary N) is 1. The van der Waals surface area contributed by atoms with E-state index in [9.17, 15) is 4.79 Å². The lowest BCUT2D eigenvalue weighted by molar-refractivity contribution is -0.120. The maximum Gasteiger partial charge on any atom is 0.229 e. The average molecular weight is 358 g/mol. The molecule has 1 aliphatic rings. The molecule has 1 saturated carbocycles. The van der Waals surface area contributed by atoms with Gasteiger partial charge >= 0.3 is 0 Å². The molecule has 1 aromatic carbocycles. The van der Waals surface area contributed by atoms with Crippen molar-refractivity contribution in [3.8, 4) is 0 Å². The van der Waals surface area contributed by atoms with E-state index in [-0.39, 0.29) is 17.9 Å². The zero-order chi connectivity index (χ0) is 13.0. The second-order valence-electron chi connectivity index (χ2n) is 4.90. The number of nitrogens with two attached hydrogens (primary N) is 1. The summed E-state index contributed by atoms with van der Waals surface area (Å²) in [5.41, 5.74) is 6.95. The number of carbonyl (C=O) groups excluding carboxylic acids is 1. The molecule has 2 unspecified atom stereocenters. The summed E-state index contributed by atoms with van der Waals surface area (Å²) in [4.78, 5) is 12.2. The molecule has 1 aliphatic carbocycles. The largest absolute Gasteiger partial charge is 0.327 e. The lowest BCUT2D eigenvalue weighted by atomic mass is 9.94. The summed E-state index contributed by atoms with van der Waals surface area (Å²) >= 11 is 2.25. The second kappa shape index (κ2) is 6.52. The first-order valence-electron chi connectivity index (χ1n) is 6.49. The predicted molar refractivity (Wildman–Crippen MR) is 82.3 cm³/mol. The van der Waals surface area contributed by atoms with Crippen LogP contribution in [0.2, 0.25) is 0 Å². The van der Waals surface area contributed by atoms with Crippen LogP contribution in [0, 0.1) is 9.49 Å². The van der Waals surface area contributed by atoms with E-state index in [0.29, 0.717) is 0 Å². The Kier molecular flexibility index (Phi) is 5.00. The summed E-state index contributed by atoms with van der Waals surface area (Å²) < 4.78 is 1.16. The number of hydrogen-bond donors (Lipinski definition) is 2. The molecule has 3 N–H and O–H groups in total. The van der Waals surface area contributed by atoms with Crippen molar-refractivity contribution < 1.29 is 4.79 Å². The monoisotopic (exact) mass is 358 g/mol. The van der Waals surface area contributed by atoms with Gasteiger partial charge in [-0.25, -0.2) is 0 Å². The molecule has 0 aliphatic heterocycles. The lowest BCUT2D eigenvalue weighted by Gasteiger charge is -2.20. The molecule has 2 atom stereocenters. The van der Waals surface area contributed by atoms with E-state index in [1.165, 1.54) is 6.42 Å². The van der Waals surface area contributed by atoms with Gasteiger partial charge in [0.25, 0.3) is 0 Å². The van der Waals surface area contributed by atoms with E-state index in [4.69, 9.17) is 5.73 Å². The minimum Gasteiger partial charge on any atom is -0.327 e. The molecule has 0 heterocycles. The van der Waals surface area contributed by atoms with Crippen molar-refractivity contribution in [1.29, 1.82) is 0 Å². The van der Waals surface area contributed by atoms with Gasteiger partial charge in [0, 0.05) is 15.3 Å². The molecule has 98 valence electrons. The smallest absolute Gasteiger partial charge is 0.229 e. The van der Waals surface area contributed by atoms with Crippen LogP contribution in [-0.2, 0) is 4.79 Å². The van der Waals surface area contributed by atoms with Crippen LogP contribution in [0.25, 0.3) is 0 Å². The highest BCUT2D eigenvalue weighted by molar-refractivity contribution is 14.1. The first-order chi connectivity index (χ1) is 8.66. The SMILES string of the molecule is NC1CCCCCC1C(=O)Nc1ccc(I)cc1. The molecule has 18 heavy (non-hydrogen) atoms. The van der Waals surface area contributed by atoms with Crippen molar-refractivity contribution in [3.05, 3.63) is 27.8 Å². The summed E-state index contributed by atoms with van der Waals surface area (Å²) in [7, 11) is 0. The highest BCUT2D eigenvalue weighted by Gasteiger charge is 2.26. The Morgan fingerprint density at radius 3 is 2.56 bits per heavy atom. The van der Waals surface area contributed by atoms with Gasteiger partial charge in [0.15, 0.2) is 0 Å². The van der Waals surface area contributed by atoms with Crippen LogP contribution >= 0.6 is 22.6 Å². The number of anilines is 1. The van der Waals surface area contributed by atoms with Crippen molar-refractivity contribution >= 4 is 34.2 Å². The minimum atomic E-state index is -0.0354. The molecule has 1 aromatic rings. The van der Waals surface area contributed by atoms with Gasteiger partial charge < -0.3 is 11.1 Å². The van der Waals surface area contributed by atoms with E-state index in [1.54, 1.807) is 0 Å². The minimum absolute atomic E-state index is 0.0105. The van der Waals surface area contributed by atoms with Crippen molar-refractivity contribution in [2.24, 2.45) is 11.7 Å². The molecular weight excluding hydrogens is 339 g/mol. The van der Waals surface area contributed by atoms with Crippen LogP contribution < -0.4 is 11.1 Å². The van der Waals surface area contributed by atoms with Gasteiger partial charge in [-0.05, 0) is 59.7 Å². The van der Waals surface area contributed by atoms with E-state index in [0.717, 1.165) is 34.9 Å². The van der Waals surface area contributed by atoms with Gasteiger partial charge in [0.1, 0.15) is 0 Å². The van der Waals surface area contributed by atoms with Crippen molar-refractivity contribution in [2.75, 3.05) is 5.32 Å². The summed E-state index contributed by atoms with van der Waals surface area (Å²) in [6.07, 6.45) is 5.33. The van der Waals surface area contributed by atoms with Crippen LogP contribution in [0.5, 0.6) is 0 Å². The molecule has 0 aromatic heterocycles. The van der Waals surface area contributed by atoms with Gasteiger partial charge in [-0.2, -0.15) is 0 Å². The van der Waals surface area contributed by atoms with E-state index >= 15 is 0 Å². The summed E-state index contributed by atoms with van der Waals surface area (Å²) in [6, 6.07) is 7.85. The van der Waals surface area contributed by atoms with Crippen LogP contribution in [0.3, 0.4) is 0 Å². The maximum atomic E-state index is 12.2. The molecule has 1 amide bonds. The Morgan fingerprint density at radius 1 is 1.17 bits per heavy atom. The molecule has 0 spiro atoms. The van der Waals surface area contributed by atoms with Gasteiger partial charge in [-0.3, -0.25) is 4.79 Å². The molecular formula is C14H19IN2O. The molecule has 0 saturated heterocycles. The summed E-state index contributed by atoms with van der Waals surface area (Å²) in [5.74, 6) is 0.0392. The molecule has 0 radical (unpaired) electrons. The molecule has 4 heteroatoms. The Balaban J connectivity index is 1.99. The first kappa shape index (κ1) is 13.8. The quantitative estimate of drug-likeness (QED) is 0.631. The Hall–Kier alpha value is -0.620. The van der Waals surface area contributed by atoms with E-state index in [2.05, 4.69) is 27.9 Å². The van der Waals surface area contributed by atoms with Crippen molar-refractivity contribution in [1.82, 2.24) is 0 Å². The normalized spacial score (nSPS) is 24.3. The lowest BCUT2D eigenvalue weighted by Crippen LogP contribution is -2.37. The summed E-state index contributed by atoms with van der Waals surface area (Å²) in [5, 5.41) is 2.97. The predicted octanol–water partition coefficient (Wildman–Crippen LogP) is 3.14. The molecule has 2 rings (SSSR count). The fraction of sp³-hybridized carbons (Fsp3) is 0.500. The van der Waals surface area contributed by atoms with Gasteiger partial charge in [0.05, 0.1) is 5.92 Å². The average Bonchev–Trinajstić information content (AvgIpc) is 2.57. The van der Waals surface area contributed by atoms with E-state index < -0.39 is 0 Å². The number of amides is 1. The van der Waals surface area contributed by atoms with Crippen molar-refractivity contribution in [3.63, 3.8) is 0 Å². The molecule has 0 bridgehead atoms. The fourth-order valence-electron chi connectivity index (χ4n) is 2.43. The van der Waals surface area contributed by atoms with Crippen LogP contribution in [0.1, 0.15) is 32.1 Å². The number of hydrogen-bond acceptors (Lipinski definition) is 2. The topological polar surface area (TPSA) is 55.1 Å². The standard InChI is InChI=1S/C14H19IN2O/c15-10-6-8-11(9-7-10)17-14(18)12-4-2-1-3-5-13(12)16/h6-9,12-13H,1-5,16H2,(H,17,18). The van der Waals surface area contributed by atoms with Crippen LogP contribution in [0.4, 0.5) is 5.69 Å². The van der Waals surface area contributed by atoms with Gasteiger partial charge in [-0.1, -0.05) is 19.3 Å². The van der Waals surface area contributed by atoms with Crippen molar-refractivity contribution in [2.45, 2.75) is 38.1 Å². The number of carbonyl (C=O) groups is 1. The maximum absolute atomic E-state index is 12.2. The zero-order valence-electron chi connectivity index (χ0n) is 10.4. The van der Waals surface area contributed by atoms with E-state index in [1.807, 2.05) is 24.3 Å². The second-order valence-corrected chi connectivity index (χ2v) is 6.15. The Morgan fingerprint density at radius 2 is 1.83 bits per heavy atom. The molecule has 3 nitrogen and oxygen atoms in total. The number of rotatable bonds is 2. The summed E-state index contributed by atoms with van der Waals surface area (Å²) in [6.45, 7) is 0. The molecule has 1 fully saturated rings. The van der Waals surface area contributed by atoms with Crippen LogP contribution in [-0.4, -0.2) is 11.9 Å². The number of halogens is 1. The van der Waals surface area contributed by atoms with Crippen LogP contribution in [0.15, 0.2) is 24.3 Å². The Bertz CT molecular complexity index is 405. The third kappa shape index (κ3) is 3.68. The highest BCUT2D eigenvalue weighted by Crippen LogP contribution is 2.23. The van der Waals surface area contributed by atoms with Gasteiger partial charge in [0.2, 0.25) is 5.91 Å². The highest BCUT2D eigenvalue weighted by atomic mass is 127. The fourth-order valence-corrected chi connectivity index (χ4v) is 2.79. The van der Waals surface area contributed by atoms with Gasteiger partial charge in [-0.15, -0.1) is 0 Å².